The highest BCUT2D eigenvalue weighted by molar-refractivity contribution is 6.04. The number of hydrogen-bond donors (Lipinski definition) is 0. The van der Waals surface area contributed by atoms with E-state index in [0.29, 0.717) is 17.8 Å². The van der Waals surface area contributed by atoms with Gasteiger partial charge >= 0.3 is 5.97 Å². The van der Waals surface area contributed by atoms with Gasteiger partial charge in [-0.3, -0.25) is 4.79 Å². The molecule has 0 aromatic heterocycles. The molecule has 1 amide bonds. The van der Waals surface area contributed by atoms with Crippen LogP contribution in [0.4, 0.5) is 10.1 Å². The molecule has 0 radical (unpaired) electrons. The molecule has 1 atom stereocenters. The molecule has 0 aliphatic carbocycles. The van der Waals surface area contributed by atoms with Gasteiger partial charge in [0.05, 0.1) is 11.3 Å². The van der Waals surface area contributed by atoms with Crippen molar-refractivity contribution in [1.29, 1.82) is 0 Å². The Morgan fingerprint density at radius 2 is 2.00 bits per heavy atom. The molecule has 2 heterocycles. The average Bonchev–Trinajstić information content (AvgIpc) is 2.60. The SMILES string of the molecule is Cc1cc(F)c2c(c1)CCCN2C(=O)C1(C)Cc2ccccc2C(=O)O1. The second-order valence-corrected chi connectivity index (χ2v) is 7.27. The Morgan fingerprint density at radius 3 is 2.81 bits per heavy atom. The Balaban J connectivity index is 1.73. The van der Waals surface area contributed by atoms with Crippen molar-refractivity contribution < 1.29 is 18.7 Å². The largest absolute Gasteiger partial charge is 0.445 e. The van der Waals surface area contributed by atoms with Gasteiger partial charge in [-0.15, -0.1) is 0 Å². The Bertz CT molecular complexity index is 923. The van der Waals surface area contributed by atoms with Gasteiger partial charge < -0.3 is 9.64 Å². The summed E-state index contributed by atoms with van der Waals surface area (Å²) in [5.41, 5.74) is 1.91. The smallest absolute Gasteiger partial charge is 0.339 e. The topological polar surface area (TPSA) is 46.6 Å². The summed E-state index contributed by atoms with van der Waals surface area (Å²) in [4.78, 5) is 27.1. The van der Waals surface area contributed by atoms with Gasteiger partial charge in [0.1, 0.15) is 5.82 Å². The van der Waals surface area contributed by atoms with E-state index in [4.69, 9.17) is 4.74 Å². The maximum Gasteiger partial charge on any atom is 0.339 e. The quantitative estimate of drug-likeness (QED) is 0.736. The van der Waals surface area contributed by atoms with Crippen LogP contribution in [0.5, 0.6) is 0 Å². The summed E-state index contributed by atoms with van der Waals surface area (Å²) in [7, 11) is 0. The summed E-state index contributed by atoms with van der Waals surface area (Å²) >= 11 is 0. The van der Waals surface area contributed by atoms with Crippen LogP contribution in [0.25, 0.3) is 0 Å². The van der Waals surface area contributed by atoms with E-state index < -0.39 is 17.4 Å². The minimum atomic E-state index is -1.34. The molecule has 1 unspecified atom stereocenters. The molecule has 0 bridgehead atoms. The van der Waals surface area contributed by atoms with Crippen molar-refractivity contribution in [2.24, 2.45) is 0 Å². The van der Waals surface area contributed by atoms with E-state index in [1.54, 1.807) is 19.1 Å². The number of aryl methyl sites for hydroxylation is 2. The van der Waals surface area contributed by atoms with Crippen molar-refractivity contribution in [3.8, 4) is 0 Å². The second-order valence-electron chi connectivity index (χ2n) is 7.27. The second kappa shape index (κ2) is 5.94. The van der Waals surface area contributed by atoms with Crippen molar-refractivity contribution in [3.63, 3.8) is 0 Å². The predicted octanol–water partition coefficient (Wildman–Crippen LogP) is 3.59. The van der Waals surface area contributed by atoms with Crippen molar-refractivity contribution in [2.45, 2.75) is 38.7 Å². The van der Waals surface area contributed by atoms with Crippen LogP contribution in [0.2, 0.25) is 0 Å². The van der Waals surface area contributed by atoms with Gasteiger partial charge in [0.2, 0.25) is 0 Å². The number of nitrogens with zero attached hydrogens (tertiary/aromatic N) is 1. The molecule has 0 N–H and O–H groups in total. The molecule has 4 nitrogen and oxygen atoms in total. The lowest BCUT2D eigenvalue weighted by Gasteiger charge is -2.39. The minimum absolute atomic E-state index is 0.285. The van der Waals surface area contributed by atoms with Crippen LogP contribution < -0.4 is 4.90 Å². The Labute approximate surface area is 151 Å². The number of benzene rings is 2. The number of rotatable bonds is 1. The summed E-state index contributed by atoms with van der Waals surface area (Å²) in [6.45, 7) is 3.87. The summed E-state index contributed by atoms with van der Waals surface area (Å²) in [6.07, 6.45) is 1.77. The standard InChI is InChI=1S/C21H20FNO3/c1-13-10-14-7-5-9-23(18(14)17(22)11-13)20(25)21(2)12-15-6-3-4-8-16(15)19(24)26-21/h3-4,6,8,10-11H,5,7,9,12H2,1-2H3. The number of ether oxygens (including phenoxy) is 1. The van der Waals surface area contributed by atoms with E-state index in [0.717, 1.165) is 29.5 Å². The fourth-order valence-corrected chi connectivity index (χ4v) is 3.98. The van der Waals surface area contributed by atoms with Gasteiger partial charge in [0.15, 0.2) is 5.60 Å². The van der Waals surface area contributed by atoms with E-state index >= 15 is 0 Å². The molecule has 0 spiro atoms. The summed E-state index contributed by atoms with van der Waals surface area (Å²) in [5.74, 6) is -1.28. The highest BCUT2D eigenvalue weighted by atomic mass is 19.1. The van der Waals surface area contributed by atoms with E-state index in [2.05, 4.69) is 0 Å². The van der Waals surface area contributed by atoms with Crippen molar-refractivity contribution in [3.05, 3.63) is 64.5 Å². The number of anilines is 1. The van der Waals surface area contributed by atoms with Crippen LogP contribution in [-0.4, -0.2) is 24.0 Å². The van der Waals surface area contributed by atoms with Crippen LogP contribution in [0.15, 0.2) is 36.4 Å². The zero-order valence-electron chi connectivity index (χ0n) is 14.8. The Morgan fingerprint density at radius 1 is 1.23 bits per heavy atom. The first-order valence-electron chi connectivity index (χ1n) is 8.81. The normalized spacial score (nSPS) is 21.7. The lowest BCUT2D eigenvalue weighted by molar-refractivity contribution is -0.137. The third kappa shape index (κ3) is 2.59. The highest BCUT2D eigenvalue weighted by Crippen LogP contribution is 2.36. The summed E-state index contributed by atoms with van der Waals surface area (Å²) in [6, 6.07) is 10.5. The summed E-state index contributed by atoms with van der Waals surface area (Å²) < 4.78 is 20.2. The van der Waals surface area contributed by atoms with E-state index in [9.17, 15) is 14.0 Å². The van der Waals surface area contributed by atoms with Gasteiger partial charge in [0.25, 0.3) is 5.91 Å². The van der Waals surface area contributed by atoms with Crippen molar-refractivity contribution in [2.75, 3.05) is 11.4 Å². The zero-order valence-corrected chi connectivity index (χ0v) is 14.8. The number of halogens is 1. The molecule has 26 heavy (non-hydrogen) atoms. The maximum absolute atomic E-state index is 14.6. The van der Waals surface area contributed by atoms with Crippen LogP contribution in [0, 0.1) is 12.7 Å². The van der Waals surface area contributed by atoms with Gasteiger partial charge in [0, 0.05) is 13.0 Å². The monoisotopic (exact) mass is 353 g/mol. The molecule has 134 valence electrons. The van der Waals surface area contributed by atoms with Crippen molar-refractivity contribution >= 4 is 17.6 Å². The van der Waals surface area contributed by atoms with Crippen molar-refractivity contribution in [1.82, 2.24) is 0 Å². The van der Waals surface area contributed by atoms with Crippen LogP contribution in [0.1, 0.15) is 40.4 Å². The molecule has 0 fully saturated rings. The number of carbonyl (C=O) groups is 2. The molecule has 2 aromatic carbocycles. The third-order valence-corrected chi connectivity index (χ3v) is 5.17. The molecular formula is C21H20FNO3. The Hall–Kier alpha value is -2.69. The van der Waals surface area contributed by atoms with E-state index in [1.807, 2.05) is 25.1 Å². The first kappa shape index (κ1) is 16.8. The third-order valence-electron chi connectivity index (χ3n) is 5.17. The molecule has 2 aromatic rings. The number of cyclic esters (lactones) is 1. The number of hydrogen-bond acceptors (Lipinski definition) is 3. The molecule has 0 saturated heterocycles. The van der Waals surface area contributed by atoms with Gasteiger partial charge in [-0.25, -0.2) is 9.18 Å². The molecule has 2 aliphatic heterocycles. The van der Waals surface area contributed by atoms with Gasteiger partial charge in [-0.1, -0.05) is 24.3 Å². The first-order valence-corrected chi connectivity index (χ1v) is 8.81. The lowest BCUT2D eigenvalue weighted by Crippen LogP contribution is -2.54. The maximum atomic E-state index is 14.6. The summed E-state index contributed by atoms with van der Waals surface area (Å²) in [5, 5.41) is 0. The first-order chi connectivity index (χ1) is 12.4. The fraction of sp³-hybridized carbons (Fsp3) is 0.333. The molecule has 2 aliphatic rings. The van der Waals surface area contributed by atoms with E-state index in [-0.39, 0.29) is 12.3 Å². The average molecular weight is 353 g/mol. The van der Waals surface area contributed by atoms with Gasteiger partial charge in [-0.05, 0) is 55.5 Å². The van der Waals surface area contributed by atoms with Crippen LogP contribution in [0.3, 0.4) is 0 Å². The lowest BCUT2D eigenvalue weighted by atomic mass is 9.88. The highest BCUT2D eigenvalue weighted by Gasteiger charge is 2.46. The van der Waals surface area contributed by atoms with Crippen LogP contribution in [-0.2, 0) is 22.4 Å². The number of carbonyl (C=O) groups excluding carboxylic acids is 2. The zero-order chi connectivity index (χ0) is 18.5. The molecule has 5 heteroatoms. The molecule has 0 saturated carbocycles. The number of amides is 1. The fourth-order valence-electron chi connectivity index (χ4n) is 3.98. The van der Waals surface area contributed by atoms with Crippen LogP contribution >= 0.6 is 0 Å². The van der Waals surface area contributed by atoms with E-state index in [1.165, 1.54) is 11.0 Å². The Kier molecular flexibility index (Phi) is 3.83. The minimum Gasteiger partial charge on any atom is -0.445 e. The molecule has 4 rings (SSSR count). The predicted molar refractivity (Wildman–Crippen MR) is 95.8 cm³/mol. The van der Waals surface area contributed by atoms with Gasteiger partial charge in [-0.2, -0.15) is 0 Å². The number of fused-ring (bicyclic) bond motifs is 2. The number of esters is 1. The molecular weight excluding hydrogens is 333 g/mol.